The Labute approximate surface area is 113 Å². The first-order valence-electron chi connectivity index (χ1n) is 5.26. The Balaban J connectivity index is 2.40. The fourth-order valence-electron chi connectivity index (χ4n) is 1.38. The van der Waals surface area contributed by atoms with Crippen molar-refractivity contribution in [3.8, 4) is 5.75 Å². The first-order chi connectivity index (χ1) is 9.40. The van der Waals surface area contributed by atoms with E-state index in [1.807, 2.05) is 0 Å². The van der Waals surface area contributed by atoms with Crippen LogP contribution >= 0.6 is 0 Å². The zero-order valence-corrected chi connectivity index (χ0v) is 10.7. The van der Waals surface area contributed by atoms with Crippen LogP contribution in [0.4, 0.5) is 5.95 Å². The highest BCUT2D eigenvalue weighted by atomic mass is 32.2. The van der Waals surface area contributed by atoms with Crippen LogP contribution in [0.1, 0.15) is 10.4 Å². The van der Waals surface area contributed by atoms with Gasteiger partial charge in [-0.05, 0) is 24.3 Å². The van der Waals surface area contributed by atoms with E-state index in [2.05, 4.69) is 14.7 Å². The van der Waals surface area contributed by atoms with Crippen molar-refractivity contribution >= 4 is 21.9 Å². The monoisotopic (exact) mass is 295 g/mol. The molecule has 2 rings (SSSR count). The number of aromatic carboxylic acids is 1. The van der Waals surface area contributed by atoms with Crippen LogP contribution in [0, 0.1) is 0 Å². The van der Waals surface area contributed by atoms with Crippen molar-refractivity contribution in [2.45, 2.75) is 4.90 Å². The summed E-state index contributed by atoms with van der Waals surface area (Å²) in [6, 6.07) is 4.43. The summed E-state index contributed by atoms with van der Waals surface area (Å²) in [4.78, 5) is 17.9. The quantitative estimate of drug-likeness (QED) is 0.756. The first kappa shape index (κ1) is 13.7. The van der Waals surface area contributed by atoms with Gasteiger partial charge in [0.1, 0.15) is 11.3 Å². The van der Waals surface area contributed by atoms with Crippen LogP contribution in [0.3, 0.4) is 0 Å². The van der Waals surface area contributed by atoms with Crippen molar-refractivity contribution in [1.82, 2.24) is 9.97 Å². The summed E-state index contributed by atoms with van der Waals surface area (Å²) < 4.78 is 26.1. The van der Waals surface area contributed by atoms with E-state index in [0.29, 0.717) is 0 Å². The molecule has 0 bridgehead atoms. The molecule has 9 heteroatoms. The average Bonchev–Trinajstić information content (AvgIpc) is 2.39. The predicted molar refractivity (Wildman–Crippen MR) is 67.9 cm³/mol. The van der Waals surface area contributed by atoms with Crippen LogP contribution in [0.2, 0.25) is 0 Å². The highest BCUT2D eigenvalue weighted by Gasteiger charge is 2.19. The molecule has 2 aromatic rings. The lowest BCUT2D eigenvalue weighted by molar-refractivity contribution is 0.0693. The minimum Gasteiger partial charge on any atom is -0.507 e. The number of hydrogen-bond donors (Lipinski definition) is 3. The van der Waals surface area contributed by atoms with Crippen LogP contribution in [0.5, 0.6) is 5.75 Å². The number of aromatic hydroxyl groups is 1. The number of rotatable bonds is 4. The summed E-state index contributed by atoms with van der Waals surface area (Å²) in [6.45, 7) is 0. The van der Waals surface area contributed by atoms with E-state index >= 15 is 0 Å². The molecule has 0 aliphatic rings. The number of benzene rings is 1. The fraction of sp³-hybridized carbons (Fsp3) is 0. The molecule has 0 unspecified atom stereocenters. The lowest BCUT2D eigenvalue weighted by atomic mass is 10.2. The summed E-state index contributed by atoms with van der Waals surface area (Å²) >= 11 is 0. The van der Waals surface area contributed by atoms with Gasteiger partial charge in [-0.15, -0.1) is 0 Å². The van der Waals surface area contributed by atoms with Gasteiger partial charge in [0, 0.05) is 12.4 Å². The van der Waals surface area contributed by atoms with Gasteiger partial charge in [0.25, 0.3) is 10.0 Å². The van der Waals surface area contributed by atoms with E-state index in [4.69, 9.17) is 5.11 Å². The van der Waals surface area contributed by atoms with Crippen molar-refractivity contribution in [3.63, 3.8) is 0 Å². The number of nitrogens with zero attached hydrogens (tertiary/aromatic N) is 2. The third-order valence-electron chi connectivity index (χ3n) is 2.30. The van der Waals surface area contributed by atoms with E-state index in [1.165, 1.54) is 18.5 Å². The topological polar surface area (TPSA) is 129 Å². The molecule has 1 aromatic heterocycles. The largest absolute Gasteiger partial charge is 0.507 e. The minimum atomic E-state index is -4.04. The number of hydrogen-bond acceptors (Lipinski definition) is 6. The Bertz CT molecular complexity index is 746. The average molecular weight is 295 g/mol. The van der Waals surface area contributed by atoms with Gasteiger partial charge < -0.3 is 10.2 Å². The molecule has 1 heterocycles. The molecule has 0 saturated heterocycles. The number of carbonyl (C=O) groups is 1. The van der Waals surface area contributed by atoms with Gasteiger partial charge in [-0.2, -0.15) is 0 Å². The number of aromatic nitrogens is 2. The number of nitrogens with one attached hydrogen (secondary N) is 1. The number of carboxylic acids is 1. The van der Waals surface area contributed by atoms with Gasteiger partial charge in [-0.3, -0.25) is 0 Å². The maximum Gasteiger partial charge on any atom is 0.339 e. The second-order valence-corrected chi connectivity index (χ2v) is 5.34. The second-order valence-electron chi connectivity index (χ2n) is 3.66. The van der Waals surface area contributed by atoms with E-state index < -0.39 is 27.3 Å². The number of carboxylic acid groups (broad SMARTS) is 1. The smallest absolute Gasteiger partial charge is 0.339 e. The minimum absolute atomic E-state index is 0.141. The molecular formula is C11H9N3O5S. The van der Waals surface area contributed by atoms with Gasteiger partial charge >= 0.3 is 5.97 Å². The van der Waals surface area contributed by atoms with Gasteiger partial charge in [0.15, 0.2) is 0 Å². The van der Waals surface area contributed by atoms with E-state index in [-0.39, 0.29) is 10.8 Å². The highest BCUT2D eigenvalue weighted by molar-refractivity contribution is 7.92. The van der Waals surface area contributed by atoms with Crippen molar-refractivity contribution in [2.24, 2.45) is 0 Å². The molecular weight excluding hydrogens is 286 g/mol. The van der Waals surface area contributed by atoms with Gasteiger partial charge in [-0.25, -0.2) is 27.9 Å². The van der Waals surface area contributed by atoms with Crippen LogP contribution < -0.4 is 4.72 Å². The molecule has 0 atom stereocenters. The van der Waals surface area contributed by atoms with Crippen LogP contribution in [-0.4, -0.2) is 34.6 Å². The Hall–Kier alpha value is -2.68. The summed E-state index contributed by atoms with van der Waals surface area (Å²) in [5, 5.41) is 18.2. The van der Waals surface area contributed by atoms with Crippen LogP contribution in [-0.2, 0) is 10.0 Å². The molecule has 20 heavy (non-hydrogen) atoms. The molecule has 104 valence electrons. The lowest BCUT2D eigenvalue weighted by Crippen LogP contribution is -2.15. The third-order valence-corrected chi connectivity index (χ3v) is 3.63. The molecule has 0 aliphatic heterocycles. The fourth-order valence-corrected chi connectivity index (χ4v) is 2.37. The maximum atomic E-state index is 12.0. The Morgan fingerprint density at radius 1 is 1.20 bits per heavy atom. The lowest BCUT2D eigenvalue weighted by Gasteiger charge is -2.07. The maximum absolute atomic E-state index is 12.0. The van der Waals surface area contributed by atoms with Crippen molar-refractivity contribution < 1.29 is 23.4 Å². The molecule has 0 saturated carbocycles. The molecule has 0 radical (unpaired) electrons. The van der Waals surface area contributed by atoms with Crippen molar-refractivity contribution in [1.29, 1.82) is 0 Å². The molecule has 8 nitrogen and oxygen atoms in total. The summed E-state index contributed by atoms with van der Waals surface area (Å²) in [7, 11) is -4.04. The molecule has 0 fully saturated rings. The van der Waals surface area contributed by atoms with E-state index in [0.717, 1.165) is 18.2 Å². The molecule has 1 aromatic carbocycles. The Kier molecular flexibility index (Phi) is 3.53. The SMILES string of the molecule is O=C(O)c1cc(S(=O)(=O)Nc2ncccn2)ccc1O. The standard InChI is InChI=1S/C11H9N3O5S/c15-9-3-2-7(6-8(9)10(16)17)20(18,19)14-11-12-4-1-5-13-11/h1-6,15H,(H,16,17)(H,12,13,14). The molecule has 0 spiro atoms. The number of anilines is 1. The van der Waals surface area contributed by atoms with Crippen LogP contribution in [0.15, 0.2) is 41.6 Å². The molecule has 0 amide bonds. The van der Waals surface area contributed by atoms with E-state index in [1.54, 1.807) is 0 Å². The third kappa shape index (κ3) is 2.83. The Morgan fingerprint density at radius 3 is 2.45 bits per heavy atom. The summed E-state index contributed by atoms with van der Waals surface area (Å²) in [6.07, 6.45) is 2.70. The zero-order valence-electron chi connectivity index (χ0n) is 9.89. The van der Waals surface area contributed by atoms with Crippen molar-refractivity contribution in [2.75, 3.05) is 4.72 Å². The normalized spacial score (nSPS) is 11.0. The molecule has 0 aliphatic carbocycles. The van der Waals surface area contributed by atoms with Gasteiger partial charge in [0.05, 0.1) is 4.90 Å². The first-order valence-corrected chi connectivity index (χ1v) is 6.74. The van der Waals surface area contributed by atoms with Crippen LogP contribution in [0.25, 0.3) is 0 Å². The summed E-state index contributed by atoms with van der Waals surface area (Å²) in [5.74, 6) is -2.10. The second kappa shape index (κ2) is 5.13. The zero-order chi connectivity index (χ0) is 14.8. The number of sulfonamides is 1. The summed E-state index contributed by atoms with van der Waals surface area (Å²) in [5.41, 5.74) is -0.512. The van der Waals surface area contributed by atoms with Gasteiger partial charge in [-0.1, -0.05) is 0 Å². The predicted octanol–water partition coefficient (Wildman–Crippen LogP) is 0.681. The highest BCUT2D eigenvalue weighted by Crippen LogP contribution is 2.22. The van der Waals surface area contributed by atoms with Crippen molar-refractivity contribution in [3.05, 3.63) is 42.2 Å². The Morgan fingerprint density at radius 2 is 1.85 bits per heavy atom. The molecule has 3 N–H and O–H groups in total. The van der Waals surface area contributed by atoms with Gasteiger partial charge in [0.2, 0.25) is 5.95 Å². The number of phenols is 1. The van der Waals surface area contributed by atoms with E-state index in [9.17, 15) is 18.3 Å².